The number of fused-ring (bicyclic) bond motifs is 1. The lowest BCUT2D eigenvalue weighted by molar-refractivity contribution is 0.0691. The van der Waals surface area contributed by atoms with Crippen LogP contribution in [-0.4, -0.2) is 20.6 Å². The van der Waals surface area contributed by atoms with Crippen LogP contribution in [0.1, 0.15) is 65.6 Å². The molecule has 2 aliphatic carbocycles. The number of halogens is 1. The summed E-state index contributed by atoms with van der Waals surface area (Å²) < 4.78 is 16.2. The van der Waals surface area contributed by atoms with Crippen molar-refractivity contribution in [3.05, 3.63) is 69.1 Å². The molecule has 3 atom stereocenters. The Bertz CT molecular complexity index is 1310. The van der Waals surface area contributed by atoms with Crippen LogP contribution in [0, 0.1) is 24.6 Å². The number of aromatic nitrogens is 2. The number of aromatic carboxylic acids is 1. The molecule has 166 valence electrons. The van der Waals surface area contributed by atoms with Gasteiger partial charge >= 0.3 is 5.97 Å². The standard InChI is InChI=1S/C25H26FN3O3/c1-12-4-7-21(23(27-12)25(31)32)28-13(2)16-8-15(26)9-20-18(16)11-22(29(3)24(20)30)19-10-17(19)14-5-6-14/h4,7-9,11,13-14,17,19,28H,5-6,10H2,1-3H3,(H,31,32)/t13-,17?,19?/m1/s1. The van der Waals surface area contributed by atoms with E-state index in [1.54, 1.807) is 30.7 Å². The zero-order valence-electron chi connectivity index (χ0n) is 18.4. The minimum absolute atomic E-state index is 0.0839. The summed E-state index contributed by atoms with van der Waals surface area (Å²) in [5.74, 6) is 0.180. The summed E-state index contributed by atoms with van der Waals surface area (Å²) >= 11 is 0. The van der Waals surface area contributed by atoms with Crippen molar-refractivity contribution in [3.63, 3.8) is 0 Å². The first-order chi connectivity index (χ1) is 15.2. The van der Waals surface area contributed by atoms with E-state index in [4.69, 9.17) is 0 Å². The Morgan fingerprint density at radius 2 is 2.00 bits per heavy atom. The van der Waals surface area contributed by atoms with E-state index in [1.807, 2.05) is 13.0 Å². The minimum Gasteiger partial charge on any atom is -0.476 e. The van der Waals surface area contributed by atoms with Crippen molar-refractivity contribution in [2.75, 3.05) is 5.32 Å². The Balaban J connectivity index is 1.58. The van der Waals surface area contributed by atoms with Gasteiger partial charge in [0.2, 0.25) is 0 Å². The first-order valence-corrected chi connectivity index (χ1v) is 11.0. The van der Waals surface area contributed by atoms with E-state index in [9.17, 15) is 19.1 Å². The first-order valence-electron chi connectivity index (χ1n) is 11.0. The van der Waals surface area contributed by atoms with Crippen LogP contribution in [0.25, 0.3) is 10.8 Å². The van der Waals surface area contributed by atoms with E-state index in [0.29, 0.717) is 39.6 Å². The number of hydrogen-bond acceptors (Lipinski definition) is 4. The second kappa shape index (κ2) is 7.43. The number of nitrogens with zero attached hydrogens (tertiary/aromatic N) is 2. The number of carboxylic acid groups (broad SMARTS) is 1. The number of carboxylic acids is 1. The average Bonchev–Trinajstić information content (AvgIpc) is 3.64. The molecule has 2 aromatic heterocycles. The molecule has 0 bridgehead atoms. The molecule has 0 saturated heterocycles. The third-order valence-corrected chi connectivity index (χ3v) is 6.91. The molecule has 1 aromatic carbocycles. The summed E-state index contributed by atoms with van der Waals surface area (Å²) in [5.41, 5.74) is 2.30. The van der Waals surface area contributed by atoms with Crippen molar-refractivity contribution in [1.29, 1.82) is 0 Å². The predicted octanol–water partition coefficient (Wildman–Crippen LogP) is 4.77. The monoisotopic (exact) mass is 435 g/mol. The highest BCUT2D eigenvalue weighted by molar-refractivity contribution is 5.92. The molecule has 2 unspecified atom stereocenters. The highest BCUT2D eigenvalue weighted by Gasteiger charge is 2.49. The zero-order chi connectivity index (χ0) is 22.7. The highest BCUT2D eigenvalue weighted by Crippen LogP contribution is 2.59. The second-order valence-electron chi connectivity index (χ2n) is 9.25. The molecule has 2 N–H and O–H groups in total. The lowest BCUT2D eigenvalue weighted by Crippen LogP contribution is -2.22. The highest BCUT2D eigenvalue weighted by atomic mass is 19.1. The van der Waals surface area contributed by atoms with Crippen molar-refractivity contribution in [2.24, 2.45) is 18.9 Å². The fourth-order valence-corrected chi connectivity index (χ4v) is 4.98. The Morgan fingerprint density at radius 3 is 2.69 bits per heavy atom. The summed E-state index contributed by atoms with van der Waals surface area (Å²) in [7, 11) is 1.77. The molecular formula is C25H26FN3O3. The second-order valence-corrected chi connectivity index (χ2v) is 9.25. The van der Waals surface area contributed by atoms with Gasteiger partial charge in [-0.3, -0.25) is 4.79 Å². The van der Waals surface area contributed by atoms with Crippen molar-refractivity contribution < 1.29 is 14.3 Å². The van der Waals surface area contributed by atoms with E-state index in [2.05, 4.69) is 10.3 Å². The fraction of sp³-hybridized carbons (Fsp3) is 0.400. The average molecular weight is 435 g/mol. The zero-order valence-corrected chi connectivity index (χ0v) is 18.4. The van der Waals surface area contributed by atoms with Crippen LogP contribution in [-0.2, 0) is 7.05 Å². The van der Waals surface area contributed by atoms with Gasteiger partial charge in [0.1, 0.15) is 5.82 Å². The maximum Gasteiger partial charge on any atom is 0.356 e. The van der Waals surface area contributed by atoms with Gasteiger partial charge in [0.05, 0.1) is 11.1 Å². The lowest BCUT2D eigenvalue weighted by Gasteiger charge is -2.20. The maximum atomic E-state index is 14.5. The fourth-order valence-electron chi connectivity index (χ4n) is 4.98. The topological polar surface area (TPSA) is 84.2 Å². The molecule has 0 amide bonds. The van der Waals surface area contributed by atoms with Crippen LogP contribution in [0.5, 0.6) is 0 Å². The van der Waals surface area contributed by atoms with E-state index < -0.39 is 17.8 Å². The van der Waals surface area contributed by atoms with Gasteiger partial charge in [-0.25, -0.2) is 14.2 Å². The smallest absolute Gasteiger partial charge is 0.356 e. The summed E-state index contributed by atoms with van der Waals surface area (Å²) in [4.78, 5) is 28.9. The number of anilines is 1. The van der Waals surface area contributed by atoms with Gasteiger partial charge < -0.3 is 15.0 Å². The number of carbonyl (C=O) groups is 1. The van der Waals surface area contributed by atoms with Gasteiger partial charge in [-0.2, -0.15) is 0 Å². The Kier molecular flexibility index (Phi) is 4.80. The molecule has 32 heavy (non-hydrogen) atoms. The van der Waals surface area contributed by atoms with Crippen LogP contribution in [0.15, 0.2) is 35.1 Å². The maximum absolute atomic E-state index is 14.5. The van der Waals surface area contributed by atoms with Crippen molar-refractivity contribution >= 4 is 22.4 Å². The summed E-state index contributed by atoms with van der Waals surface area (Å²) in [6, 6.07) is 7.70. The molecule has 0 radical (unpaired) electrons. The molecule has 3 aromatic rings. The molecular weight excluding hydrogens is 409 g/mol. The largest absolute Gasteiger partial charge is 0.476 e. The SMILES string of the molecule is Cc1ccc(N[C@H](C)c2cc(F)cc3c(=O)n(C)c(C4CC4C4CC4)cc23)c(C(=O)O)n1. The number of aryl methyl sites for hydroxylation is 1. The number of benzene rings is 1. The first kappa shape index (κ1) is 20.7. The van der Waals surface area contributed by atoms with Gasteiger partial charge in [-0.15, -0.1) is 0 Å². The summed E-state index contributed by atoms with van der Waals surface area (Å²) in [6.45, 7) is 3.56. The molecule has 6 nitrogen and oxygen atoms in total. The molecule has 2 heterocycles. The summed E-state index contributed by atoms with van der Waals surface area (Å²) in [6.07, 6.45) is 3.65. The third-order valence-electron chi connectivity index (χ3n) is 6.91. The predicted molar refractivity (Wildman–Crippen MR) is 121 cm³/mol. The van der Waals surface area contributed by atoms with Crippen LogP contribution >= 0.6 is 0 Å². The Labute approximate surface area is 185 Å². The lowest BCUT2D eigenvalue weighted by atomic mass is 9.98. The summed E-state index contributed by atoms with van der Waals surface area (Å²) in [5, 5.41) is 13.7. The van der Waals surface area contributed by atoms with Gasteiger partial charge in [-0.1, -0.05) is 0 Å². The van der Waals surface area contributed by atoms with Gasteiger partial charge in [0, 0.05) is 30.4 Å². The number of pyridine rings is 2. The normalized spacial score (nSPS) is 20.9. The molecule has 2 fully saturated rings. The Morgan fingerprint density at radius 1 is 1.25 bits per heavy atom. The van der Waals surface area contributed by atoms with Gasteiger partial charge in [0.15, 0.2) is 5.69 Å². The van der Waals surface area contributed by atoms with E-state index in [1.165, 1.54) is 25.0 Å². The van der Waals surface area contributed by atoms with Crippen LogP contribution in [0.2, 0.25) is 0 Å². The minimum atomic E-state index is -1.14. The van der Waals surface area contributed by atoms with Gasteiger partial charge in [-0.05, 0) is 86.2 Å². The Hall–Kier alpha value is -3.22. The molecule has 2 aliphatic rings. The molecule has 2 saturated carbocycles. The third kappa shape index (κ3) is 3.55. The van der Waals surface area contributed by atoms with Crippen LogP contribution in [0.4, 0.5) is 10.1 Å². The van der Waals surface area contributed by atoms with Crippen LogP contribution in [0.3, 0.4) is 0 Å². The number of nitrogens with one attached hydrogen (secondary N) is 1. The van der Waals surface area contributed by atoms with E-state index in [-0.39, 0.29) is 11.3 Å². The van der Waals surface area contributed by atoms with Crippen molar-refractivity contribution in [1.82, 2.24) is 9.55 Å². The van der Waals surface area contributed by atoms with Crippen molar-refractivity contribution in [3.8, 4) is 0 Å². The quantitative estimate of drug-likeness (QED) is 0.583. The number of hydrogen-bond donors (Lipinski definition) is 2. The molecule has 5 rings (SSSR count). The van der Waals surface area contributed by atoms with Gasteiger partial charge in [0.25, 0.3) is 5.56 Å². The van der Waals surface area contributed by atoms with E-state index in [0.717, 1.165) is 18.0 Å². The van der Waals surface area contributed by atoms with Crippen molar-refractivity contribution in [2.45, 2.75) is 45.1 Å². The molecule has 0 spiro atoms. The van der Waals surface area contributed by atoms with Crippen LogP contribution < -0.4 is 10.9 Å². The molecule has 0 aliphatic heterocycles. The molecule has 7 heteroatoms. The number of rotatable bonds is 6. The van der Waals surface area contributed by atoms with E-state index >= 15 is 0 Å².